The van der Waals surface area contributed by atoms with Gasteiger partial charge < -0.3 is 14.6 Å². The molecule has 0 aromatic heterocycles. The summed E-state index contributed by atoms with van der Waals surface area (Å²) in [5.74, 6) is 2.14. The van der Waals surface area contributed by atoms with E-state index < -0.39 is 0 Å². The highest BCUT2D eigenvalue weighted by atomic mass is 16.7. The van der Waals surface area contributed by atoms with Gasteiger partial charge in [0.2, 0.25) is 6.79 Å². The molecule has 1 saturated heterocycles. The number of likely N-dealkylation sites (tertiary alicyclic amines) is 1. The Kier molecular flexibility index (Phi) is 4.18. The Bertz CT molecular complexity index is 1010. The van der Waals surface area contributed by atoms with Crippen LogP contribution >= 0.6 is 0 Å². The minimum absolute atomic E-state index is 0.301. The number of aryl methyl sites for hydroxylation is 1. The van der Waals surface area contributed by atoms with E-state index in [9.17, 15) is 5.11 Å². The van der Waals surface area contributed by atoms with Crippen molar-refractivity contribution in [1.82, 2.24) is 4.90 Å². The Balaban J connectivity index is 1.59. The maximum absolute atomic E-state index is 9.39. The van der Waals surface area contributed by atoms with E-state index in [0.29, 0.717) is 19.3 Å². The van der Waals surface area contributed by atoms with Gasteiger partial charge >= 0.3 is 0 Å². The van der Waals surface area contributed by atoms with Crippen LogP contribution in [0, 0.1) is 12.8 Å². The molecule has 0 amide bonds. The van der Waals surface area contributed by atoms with Crippen LogP contribution in [0.25, 0.3) is 21.5 Å². The van der Waals surface area contributed by atoms with E-state index in [-0.39, 0.29) is 0 Å². The minimum atomic E-state index is 0.301. The van der Waals surface area contributed by atoms with Crippen molar-refractivity contribution in [2.24, 2.45) is 5.92 Å². The SMILES string of the molecule is Cc1ccc2c(CN3CCC(CO)CC3)cc3cc4c(cc3c2c1)OCO4. The van der Waals surface area contributed by atoms with Crippen molar-refractivity contribution in [2.45, 2.75) is 26.3 Å². The Morgan fingerprint density at radius 2 is 1.74 bits per heavy atom. The summed E-state index contributed by atoms with van der Waals surface area (Å²) in [5, 5.41) is 14.4. The zero-order chi connectivity index (χ0) is 18.4. The van der Waals surface area contributed by atoms with E-state index in [4.69, 9.17) is 9.47 Å². The van der Waals surface area contributed by atoms with E-state index in [1.165, 1.54) is 32.7 Å². The van der Waals surface area contributed by atoms with Gasteiger partial charge in [-0.25, -0.2) is 0 Å². The van der Waals surface area contributed by atoms with Crippen LogP contribution < -0.4 is 9.47 Å². The molecule has 4 nitrogen and oxygen atoms in total. The zero-order valence-electron chi connectivity index (χ0n) is 15.7. The Morgan fingerprint density at radius 3 is 2.52 bits per heavy atom. The molecule has 0 aliphatic carbocycles. The summed E-state index contributed by atoms with van der Waals surface area (Å²) in [6, 6.07) is 13.3. The first-order valence-electron chi connectivity index (χ1n) is 9.80. The van der Waals surface area contributed by atoms with Gasteiger partial charge in [0.25, 0.3) is 0 Å². The molecule has 0 unspecified atom stereocenters. The topological polar surface area (TPSA) is 41.9 Å². The number of benzene rings is 3. The molecule has 0 atom stereocenters. The Morgan fingerprint density at radius 1 is 0.963 bits per heavy atom. The summed E-state index contributed by atoms with van der Waals surface area (Å²) in [4.78, 5) is 2.51. The summed E-state index contributed by atoms with van der Waals surface area (Å²) in [5.41, 5.74) is 2.63. The van der Waals surface area contributed by atoms with Crippen molar-refractivity contribution < 1.29 is 14.6 Å². The van der Waals surface area contributed by atoms with E-state index in [2.05, 4.69) is 48.2 Å². The summed E-state index contributed by atoms with van der Waals surface area (Å²) in [6.07, 6.45) is 2.17. The molecule has 0 radical (unpaired) electrons. The average molecular weight is 363 g/mol. The third-order valence-electron chi connectivity index (χ3n) is 6.04. The highest BCUT2D eigenvalue weighted by Gasteiger charge is 2.21. The van der Waals surface area contributed by atoms with Gasteiger partial charge in [-0.1, -0.05) is 23.8 Å². The first kappa shape index (κ1) is 16.8. The van der Waals surface area contributed by atoms with Crippen molar-refractivity contribution in [3.05, 3.63) is 47.5 Å². The van der Waals surface area contributed by atoms with Gasteiger partial charge in [0, 0.05) is 13.2 Å². The van der Waals surface area contributed by atoms with Crippen molar-refractivity contribution >= 4 is 21.5 Å². The summed E-state index contributed by atoms with van der Waals surface area (Å²) < 4.78 is 11.2. The lowest BCUT2D eigenvalue weighted by atomic mass is 9.94. The van der Waals surface area contributed by atoms with Crippen molar-refractivity contribution in [2.75, 3.05) is 26.5 Å². The number of nitrogens with zero attached hydrogens (tertiary/aromatic N) is 1. The van der Waals surface area contributed by atoms with Crippen LogP contribution in [0.1, 0.15) is 24.0 Å². The maximum Gasteiger partial charge on any atom is 0.231 e. The summed E-state index contributed by atoms with van der Waals surface area (Å²) in [6.45, 7) is 5.82. The van der Waals surface area contributed by atoms with Gasteiger partial charge in [-0.15, -0.1) is 0 Å². The molecule has 1 N–H and O–H groups in total. The van der Waals surface area contributed by atoms with Gasteiger partial charge in [-0.2, -0.15) is 0 Å². The first-order chi connectivity index (χ1) is 13.2. The normalized spacial score (nSPS) is 17.9. The lowest BCUT2D eigenvalue weighted by Gasteiger charge is -2.31. The Labute approximate surface area is 159 Å². The monoisotopic (exact) mass is 363 g/mol. The van der Waals surface area contributed by atoms with E-state index in [1.54, 1.807) is 0 Å². The van der Waals surface area contributed by atoms with Crippen LogP contribution in [0.3, 0.4) is 0 Å². The molecule has 3 aromatic carbocycles. The third kappa shape index (κ3) is 3.03. The van der Waals surface area contributed by atoms with Gasteiger partial charge in [-0.3, -0.25) is 4.90 Å². The highest BCUT2D eigenvalue weighted by Crippen LogP contribution is 2.40. The fourth-order valence-electron chi connectivity index (χ4n) is 4.44. The fraction of sp³-hybridized carbons (Fsp3) is 0.391. The van der Waals surface area contributed by atoms with Crippen LogP contribution in [0.5, 0.6) is 11.5 Å². The molecule has 5 rings (SSSR count). The quantitative estimate of drug-likeness (QED) is 0.707. The second kappa shape index (κ2) is 6.70. The van der Waals surface area contributed by atoms with Gasteiger partial charge in [0.1, 0.15) is 0 Å². The number of aliphatic hydroxyl groups is 1. The number of ether oxygens (including phenoxy) is 2. The lowest BCUT2D eigenvalue weighted by Crippen LogP contribution is -2.34. The van der Waals surface area contributed by atoms with E-state index in [1.807, 2.05) is 0 Å². The number of rotatable bonds is 3. The molecule has 0 spiro atoms. The first-order valence-corrected chi connectivity index (χ1v) is 9.80. The van der Waals surface area contributed by atoms with Gasteiger partial charge in [-0.05, 0) is 84.1 Å². The molecule has 1 fully saturated rings. The second-order valence-electron chi connectivity index (χ2n) is 7.91. The van der Waals surface area contributed by atoms with Crippen LogP contribution in [-0.2, 0) is 6.54 Å². The van der Waals surface area contributed by atoms with Gasteiger partial charge in [0.15, 0.2) is 11.5 Å². The molecule has 4 heteroatoms. The molecular formula is C23H25NO3. The standard InChI is InChI=1S/C23H25NO3/c1-15-2-3-19-18(12-24-6-4-16(13-25)5-7-24)9-17-10-22-23(27-14-26-22)11-20(17)21(19)8-15/h2-3,8-11,16,25H,4-7,12-14H2,1H3. The molecule has 2 aliphatic heterocycles. The molecule has 140 valence electrons. The minimum Gasteiger partial charge on any atom is -0.454 e. The van der Waals surface area contributed by atoms with E-state index in [0.717, 1.165) is 44.0 Å². The second-order valence-corrected chi connectivity index (χ2v) is 7.91. The maximum atomic E-state index is 9.39. The van der Waals surface area contributed by atoms with E-state index >= 15 is 0 Å². The number of hydrogen-bond acceptors (Lipinski definition) is 4. The van der Waals surface area contributed by atoms with Crippen molar-refractivity contribution in [3.63, 3.8) is 0 Å². The molecule has 27 heavy (non-hydrogen) atoms. The molecule has 2 heterocycles. The molecule has 2 aliphatic rings. The largest absolute Gasteiger partial charge is 0.454 e. The lowest BCUT2D eigenvalue weighted by molar-refractivity contribution is 0.127. The zero-order valence-corrected chi connectivity index (χ0v) is 15.7. The smallest absolute Gasteiger partial charge is 0.231 e. The van der Waals surface area contributed by atoms with Crippen molar-refractivity contribution in [1.29, 1.82) is 0 Å². The van der Waals surface area contributed by atoms with Crippen LogP contribution in [-0.4, -0.2) is 36.5 Å². The molecule has 3 aromatic rings. The number of fused-ring (bicyclic) bond motifs is 4. The fourth-order valence-corrected chi connectivity index (χ4v) is 4.44. The summed E-state index contributed by atoms with van der Waals surface area (Å²) >= 11 is 0. The summed E-state index contributed by atoms with van der Waals surface area (Å²) in [7, 11) is 0. The van der Waals surface area contributed by atoms with Crippen molar-refractivity contribution in [3.8, 4) is 11.5 Å². The van der Waals surface area contributed by atoms with Crippen LogP contribution in [0.2, 0.25) is 0 Å². The highest BCUT2D eigenvalue weighted by molar-refractivity contribution is 6.10. The van der Waals surface area contributed by atoms with Gasteiger partial charge in [0.05, 0.1) is 0 Å². The average Bonchev–Trinajstić information content (AvgIpc) is 3.14. The predicted molar refractivity (Wildman–Crippen MR) is 107 cm³/mol. The molecular weight excluding hydrogens is 338 g/mol. The van der Waals surface area contributed by atoms with Crippen LogP contribution in [0.15, 0.2) is 36.4 Å². The number of piperidine rings is 1. The molecule has 0 saturated carbocycles. The Hall–Kier alpha value is -2.30. The van der Waals surface area contributed by atoms with Crippen LogP contribution in [0.4, 0.5) is 0 Å². The predicted octanol–water partition coefficient (Wildman–Crippen LogP) is 4.23. The number of aliphatic hydroxyl groups excluding tert-OH is 1. The third-order valence-corrected chi connectivity index (χ3v) is 6.04. The number of hydrogen-bond donors (Lipinski definition) is 1. The molecule has 0 bridgehead atoms.